The summed E-state index contributed by atoms with van der Waals surface area (Å²) in [4.78, 5) is 56.2. The Morgan fingerprint density at radius 1 is 0.892 bits per heavy atom. The number of carbonyl (C=O) groups is 4. The van der Waals surface area contributed by atoms with Gasteiger partial charge in [0.25, 0.3) is 0 Å². The Labute approximate surface area is 213 Å². The highest BCUT2D eigenvalue weighted by Gasteiger charge is 2.54. The molecule has 200 valence electrons. The number of hydrogen-bond donors (Lipinski definition) is 0. The molecule has 0 bridgehead atoms. The second-order valence-electron chi connectivity index (χ2n) is 8.75. The van der Waals surface area contributed by atoms with Crippen LogP contribution in [0.5, 0.6) is 0 Å². The maximum absolute atomic E-state index is 12.1. The summed E-state index contributed by atoms with van der Waals surface area (Å²) in [5, 5.41) is 4.32. The van der Waals surface area contributed by atoms with Gasteiger partial charge in [-0.1, -0.05) is 0 Å². The molecule has 14 heteroatoms. The fourth-order valence-electron chi connectivity index (χ4n) is 4.06. The number of hydrogen-bond acceptors (Lipinski definition) is 12. The minimum atomic E-state index is -1.32. The summed E-state index contributed by atoms with van der Waals surface area (Å²) in [5.41, 5.74) is 0.801. The van der Waals surface area contributed by atoms with Crippen LogP contribution in [0.2, 0.25) is 0 Å². The van der Waals surface area contributed by atoms with Crippen molar-refractivity contribution in [3.05, 3.63) is 30.9 Å². The smallest absolute Gasteiger partial charge is 0.334 e. The SMILES string of the molecule is CC(=O)OC[C@H]1O[C@@H](n2ncnc2[N+](C)(C)c2ccncc2)[C@H](OC(C)=O)[C@@H](OC(C)=O)[C@@H]1OC(C)=O. The van der Waals surface area contributed by atoms with Gasteiger partial charge < -0.3 is 23.7 Å². The molecule has 0 saturated carbocycles. The molecule has 1 fully saturated rings. The van der Waals surface area contributed by atoms with Gasteiger partial charge in [-0.05, 0) is 0 Å². The molecular formula is C23H30N5O9+. The van der Waals surface area contributed by atoms with E-state index in [0.717, 1.165) is 19.5 Å². The van der Waals surface area contributed by atoms with Crippen LogP contribution in [0.25, 0.3) is 0 Å². The maximum Gasteiger partial charge on any atom is 0.334 e. The predicted octanol–water partition coefficient (Wildman–Crippen LogP) is 0.827. The van der Waals surface area contributed by atoms with Crippen molar-refractivity contribution >= 4 is 35.5 Å². The van der Waals surface area contributed by atoms with Crippen LogP contribution in [0.15, 0.2) is 30.9 Å². The number of carbonyl (C=O) groups excluding carboxylic acids is 4. The number of quaternary nitrogens is 1. The summed E-state index contributed by atoms with van der Waals surface area (Å²) in [7, 11) is 3.70. The van der Waals surface area contributed by atoms with Gasteiger partial charge in [0.15, 0.2) is 24.5 Å². The van der Waals surface area contributed by atoms with E-state index in [1.165, 1.54) is 24.9 Å². The first-order valence-corrected chi connectivity index (χ1v) is 11.4. The molecule has 0 aromatic carbocycles. The molecule has 2 aromatic rings. The highest BCUT2D eigenvalue weighted by atomic mass is 16.7. The van der Waals surface area contributed by atoms with E-state index in [2.05, 4.69) is 15.1 Å². The van der Waals surface area contributed by atoms with Gasteiger partial charge in [0, 0.05) is 52.2 Å². The van der Waals surface area contributed by atoms with Gasteiger partial charge >= 0.3 is 29.8 Å². The zero-order valence-corrected chi connectivity index (χ0v) is 21.4. The molecule has 0 unspecified atom stereocenters. The fraction of sp³-hybridized carbons (Fsp3) is 0.522. The molecule has 3 heterocycles. The lowest BCUT2D eigenvalue weighted by Gasteiger charge is -2.44. The molecule has 1 aliphatic rings. The molecule has 2 aromatic heterocycles. The summed E-state index contributed by atoms with van der Waals surface area (Å²) >= 11 is 0. The highest BCUT2D eigenvalue weighted by Crippen LogP contribution is 2.38. The normalized spacial score (nSPS) is 23.6. The predicted molar refractivity (Wildman–Crippen MR) is 125 cm³/mol. The average Bonchev–Trinajstić information content (AvgIpc) is 3.31. The third kappa shape index (κ3) is 6.46. The summed E-state index contributed by atoms with van der Waals surface area (Å²) in [6, 6.07) is 3.60. The molecule has 1 aliphatic heterocycles. The van der Waals surface area contributed by atoms with Crippen LogP contribution in [-0.4, -0.2) is 88.7 Å². The quantitative estimate of drug-likeness (QED) is 0.275. The van der Waals surface area contributed by atoms with Crippen LogP contribution in [0, 0.1) is 0 Å². The highest BCUT2D eigenvalue weighted by molar-refractivity contribution is 5.68. The van der Waals surface area contributed by atoms with Gasteiger partial charge in [-0.2, -0.15) is 14.8 Å². The molecule has 0 amide bonds. The van der Waals surface area contributed by atoms with E-state index in [1.807, 2.05) is 14.1 Å². The van der Waals surface area contributed by atoms with Crippen LogP contribution < -0.4 is 4.48 Å². The van der Waals surface area contributed by atoms with Crippen molar-refractivity contribution in [2.45, 2.75) is 58.3 Å². The zero-order valence-electron chi connectivity index (χ0n) is 21.4. The van der Waals surface area contributed by atoms with Crippen LogP contribution in [0.4, 0.5) is 11.6 Å². The van der Waals surface area contributed by atoms with Gasteiger partial charge in [-0.15, -0.1) is 0 Å². The van der Waals surface area contributed by atoms with E-state index in [9.17, 15) is 19.2 Å². The minimum Gasteiger partial charge on any atom is -0.463 e. The summed E-state index contributed by atoms with van der Waals surface area (Å²) in [6.45, 7) is 4.35. The van der Waals surface area contributed by atoms with Crippen molar-refractivity contribution in [2.24, 2.45) is 0 Å². The molecule has 0 spiro atoms. The summed E-state index contributed by atoms with van der Waals surface area (Å²) in [5.74, 6) is -2.38. The average molecular weight is 521 g/mol. The van der Waals surface area contributed by atoms with Gasteiger partial charge in [-0.3, -0.25) is 24.2 Å². The van der Waals surface area contributed by atoms with Crippen molar-refractivity contribution in [1.82, 2.24) is 24.2 Å². The molecule has 3 rings (SSSR count). The van der Waals surface area contributed by atoms with Crippen LogP contribution in [-0.2, 0) is 42.9 Å². The third-order valence-corrected chi connectivity index (χ3v) is 5.57. The van der Waals surface area contributed by atoms with Crippen LogP contribution >= 0.6 is 0 Å². The Hall–Kier alpha value is -3.91. The Kier molecular flexibility index (Phi) is 8.55. The maximum atomic E-state index is 12.1. The van der Waals surface area contributed by atoms with Crippen molar-refractivity contribution in [2.75, 3.05) is 20.7 Å². The van der Waals surface area contributed by atoms with E-state index < -0.39 is 54.5 Å². The van der Waals surface area contributed by atoms with Crippen LogP contribution in [0.3, 0.4) is 0 Å². The number of esters is 4. The lowest BCUT2D eigenvalue weighted by molar-refractivity contribution is -0.270. The lowest BCUT2D eigenvalue weighted by atomic mass is 9.97. The Bertz CT molecular complexity index is 1140. The van der Waals surface area contributed by atoms with Crippen molar-refractivity contribution < 1.29 is 42.9 Å². The fourth-order valence-corrected chi connectivity index (χ4v) is 4.06. The van der Waals surface area contributed by atoms with E-state index >= 15 is 0 Å². The minimum absolute atomic E-state index is 0.0788. The van der Waals surface area contributed by atoms with Crippen LogP contribution in [0.1, 0.15) is 33.9 Å². The number of ether oxygens (including phenoxy) is 5. The second-order valence-corrected chi connectivity index (χ2v) is 8.75. The largest absolute Gasteiger partial charge is 0.463 e. The standard InChI is InChI=1S/C23H30N5O9/c1-13(29)33-11-18-19(34-14(2)30)20(35-15(3)31)21(36-16(4)32)22(37-18)27-23(25-12-26-27)28(5,6)17-7-9-24-10-8-17/h7-10,12,18-22H,11H2,1-6H3/q+1/t18-,19-,20+,21-,22-/m1/s1. The molecule has 1 saturated heterocycles. The van der Waals surface area contributed by atoms with Gasteiger partial charge in [0.1, 0.15) is 24.7 Å². The van der Waals surface area contributed by atoms with E-state index in [1.54, 1.807) is 24.5 Å². The Morgan fingerprint density at radius 3 is 2.03 bits per heavy atom. The number of rotatable bonds is 8. The number of nitrogens with zero attached hydrogens (tertiary/aromatic N) is 5. The second kappa shape index (κ2) is 11.4. The number of aromatic nitrogens is 4. The van der Waals surface area contributed by atoms with Crippen molar-refractivity contribution in [3.8, 4) is 0 Å². The van der Waals surface area contributed by atoms with E-state index in [4.69, 9.17) is 23.7 Å². The summed E-state index contributed by atoms with van der Waals surface area (Å²) in [6.07, 6.45) is -1.66. The molecular weight excluding hydrogens is 490 g/mol. The Morgan fingerprint density at radius 2 is 1.46 bits per heavy atom. The topological polar surface area (TPSA) is 158 Å². The molecule has 5 atom stereocenters. The molecule has 37 heavy (non-hydrogen) atoms. The lowest BCUT2D eigenvalue weighted by Crippen LogP contribution is -2.61. The van der Waals surface area contributed by atoms with E-state index in [-0.39, 0.29) is 11.1 Å². The number of pyridine rings is 1. The molecule has 0 N–H and O–H groups in total. The third-order valence-electron chi connectivity index (χ3n) is 5.57. The van der Waals surface area contributed by atoms with Gasteiger partial charge in [0.2, 0.25) is 0 Å². The zero-order chi connectivity index (χ0) is 27.3. The first kappa shape index (κ1) is 27.7. The van der Waals surface area contributed by atoms with Gasteiger partial charge in [0.05, 0.1) is 14.1 Å². The molecule has 14 nitrogen and oxygen atoms in total. The summed E-state index contributed by atoms with van der Waals surface area (Å²) < 4.78 is 29.3. The van der Waals surface area contributed by atoms with Gasteiger partial charge in [-0.25, -0.2) is 4.48 Å². The molecule has 0 aliphatic carbocycles. The van der Waals surface area contributed by atoms with E-state index in [0.29, 0.717) is 5.95 Å². The monoisotopic (exact) mass is 520 g/mol. The van der Waals surface area contributed by atoms with Crippen molar-refractivity contribution in [3.63, 3.8) is 0 Å². The first-order valence-electron chi connectivity index (χ1n) is 11.4. The van der Waals surface area contributed by atoms with Crippen molar-refractivity contribution in [1.29, 1.82) is 0 Å². The Balaban J connectivity index is 2.14. The molecule has 0 radical (unpaired) electrons. The first-order chi connectivity index (χ1) is 17.4.